The van der Waals surface area contributed by atoms with Crippen LogP contribution in [0.4, 0.5) is 11.4 Å². The highest BCUT2D eigenvalue weighted by atomic mass is 35.5. The zero-order valence-corrected chi connectivity index (χ0v) is 10.4. The minimum atomic E-state index is 0.675. The van der Waals surface area contributed by atoms with Crippen LogP contribution in [-0.4, -0.2) is 12.0 Å². The number of nitrogens with zero attached hydrogens (tertiary/aromatic N) is 2. The largest absolute Gasteiger partial charge is 0.397 e. The van der Waals surface area contributed by atoms with E-state index in [1.807, 2.05) is 37.4 Å². The molecule has 0 aliphatic rings. The second-order valence-corrected chi connectivity index (χ2v) is 4.29. The fourth-order valence-electron chi connectivity index (χ4n) is 1.71. The number of benzene rings is 1. The fourth-order valence-corrected chi connectivity index (χ4v) is 1.89. The fraction of sp³-hybridized carbons (Fsp3) is 0.154. The van der Waals surface area contributed by atoms with Crippen molar-refractivity contribution in [1.29, 1.82) is 0 Å². The maximum absolute atomic E-state index is 6.08. The second-order valence-electron chi connectivity index (χ2n) is 3.88. The van der Waals surface area contributed by atoms with E-state index in [1.54, 1.807) is 12.4 Å². The van der Waals surface area contributed by atoms with Crippen LogP contribution in [-0.2, 0) is 6.54 Å². The molecular weight excluding hydrogens is 234 g/mol. The third-order valence-corrected chi connectivity index (χ3v) is 2.95. The Hall–Kier alpha value is -1.74. The summed E-state index contributed by atoms with van der Waals surface area (Å²) in [4.78, 5) is 6.03. The molecule has 0 saturated carbocycles. The van der Waals surface area contributed by atoms with Crippen molar-refractivity contribution in [2.45, 2.75) is 6.54 Å². The minimum absolute atomic E-state index is 0.675. The molecule has 88 valence electrons. The number of nitrogens with two attached hydrogens (primary N) is 1. The summed E-state index contributed by atoms with van der Waals surface area (Å²) in [6, 6.07) is 9.69. The first-order valence-corrected chi connectivity index (χ1v) is 5.70. The Kier molecular flexibility index (Phi) is 3.49. The number of pyridine rings is 1. The third kappa shape index (κ3) is 2.68. The average molecular weight is 248 g/mol. The van der Waals surface area contributed by atoms with Crippen LogP contribution < -0.4 is 10.6 Å². The molecule has 0 aliphatic heterocycles. The summed E-state index contributed by atoms with van der Waals surface area (Å²) in [6.45, 7) is 0.704. The molecule has 1 aromatic heterocycles. The Morgan fingerprint density at radius 1 is 1.29 bits per heavy atom. The van der Waals surface area contributed by atoms with E-state index in [9.17, 15) is 0 Å². The number of anilines is 2. The van der Waals surface area contributed by atoms with Gasteiger partial charge < -0.3 is 10.6 Å². The number of hydrogen-bond acceptors (Lipinski definition) is 3. The van der Waals surface area contributed by atoms with Crippen LogP contribution in [0.15, 0.2) is 42.7 Å². The molecule has 1 heterocycles. The lowest BCUT2D eigenvalue weighted by atomic mass is 10.2. The molecule has 1 aromatic carbocycles. The normalized spacial score (nSPS) is 10.2. The summed E-state index contributed by atoms with van der Waals surface area (Å²) >= 11 is 6.08. The summed E-state index contributed by atoms with van der Waals surface area (Å²) in [7, 11) is 1.99. The van der Waals surface area contributed by atoms with Gasteiger partial charge in [0.1, 0.15) is 0 Å². The highest BCUT2D eigenvalue weighted by Crippen LogP contribution is 2.24. The van der Waals surface area contributed by atoms with E-state index in [0.29, 0.717) is 11.6 Å². The standard InChI is InChI=1S/C13H14ClN3/c1-17(13-5-3-2-4-12(13)15)9-10-6-7-16-8-11(10)14/h2-8H,9,15H2,1H3. The van der Waals surface area contributed by atoms with Gasteiger partial charge in [-0.2, -0.15) is 0 Å². The van der Waals surface area contributed by atoms with Crippen molar-refractivity contribution < 1.29 is 0 Å². The summed E-state index contributed by atoms with van der Waals surface area (Å²) < 4.78 is 0. The van der Waals surface area contributed by atoms with Gasteiger partial charge in [0.2, 0.25) is 0 Å². The van der Waals surface area contributed by atoms with Gasteiger partial charge in [0, 0.05) is 26.0 Å². The van der Waals surface area contributed by atoms with E-state index in [1.165, 1.54) is 0 Å². The molecule has 0 aliphatic carbocycles. The Morgan fingerprint density at radius 2 is 2.06 bits per heavy atom. The zero-order valence-electron chi connectivity index (χ0n) is 9.60. The molecule has 0 radical (unpaired) electrons. The van der Waals surface area contributed by atoms with Crippen molar-refractivity contribution in [3.05, 3.63) is 53.3 Å². The van der Waals surface area contributed by atoms with E-state index in [4.69, 9.17) is 17.3 Å². The van der Waals surface area contributed by atoms with Crippen molar-refractivity contribution in [2.24, 2.45) is 0 Å². The summed E-state index contributed by atoms with van der Waals surface area (Å²) in [6.07, 6.45) is 3.39. The molecule has 0 amide bonds. The van der Waals surface area contributed by atoms with Gasteiger partial charge >= 0.3 is 0 Å². The number of nitrogen functional groups attached to an aromatic ring is 1. The first-order chi connectivity index (χ1) is 8.18. The number of hydrogen-bond donors (Lipinski definition) is 1. The van der Waals surface area contributed by atoms with E-state index in [0.717, 1.165) is 16.9 Å². The predicted octanol–water partition coefficient (Wildman–Crippen LogP) is 2.95. The lowest BCUT2D eigenvalue weighted by Crippen LogP contribution is -2.17. The zero-order chi connectivity index (χ0) is 12.3. The molecule has 0 spiro atoms. The van der Waals surface area contributed by atoms with E-state index >= 15 is 0 Å². The summed E-state index contributed by atoms with van der Waals surface area (Å²) in [5, 5.41) is 0.675. The SMILES string of the molecule is CN(Cc1ccncc1Cl)c1ccccc1N. The van der Waals surface area contributed by atoms with Crippen LogP contribution in [0.25, 0.3) is 0 Å². The smallest absolute Gasteiger partial charge is 0.0639 e. The lowest BCUT2D eigenvalue weighted by Gasteiger charge is -2.21. The first kappa shape index (κ1) is 11.7. The summed E-state index contributed by atoms with van der Waals surface area (Å²) in [5.41, 5.74) is 8.73. The highest BCUT2D eigenvalue weighted by molar-refractivity contribution is 6.31. The van der Waals surface area contributed by atoms with E-state index < -0.39 is 0 Å². The molecule has 0 atom stereocenters. The monoisotopic (exact) mass is 247 g/mol. The van der Waals surface area contributed by atoms with Crippen LogP contribution in [0.1, 0.15) is 5.56 Å². The van der Waals surface area contributed by atoms with Gasteiger partial charge in [-0.3, -0.25) is 4.98 Å². The molecule has 4 heteroatoms. The Morgan fingerprint density at radius 3 is 2.76 bits per heavy atom. The second kappa shape index (κ2) is 5.06. The number of halogens is 1. The maximum atomic E-state index is 6.08. The molecular formula is C13H14ClN3. The molecule has 0 unspecified atom stereocenters. The molecule has 0 fully saturated rings. The molecule has 17 heavy (non-hydrogen) atoms. The summed E-state index contributed by atoms with van der Waals surface area (Å²) in [5.74, 6) is 0. The number of rotatable bonds is 3. The quantitative estimate of drug-likeness (QED) is 0.848. The van der Waals surface area contributed by atoms with Gasteiger partial charge in [0.15, 0.2) is 0 Å². The molecule has 0 saturated heterocycles. The van der Waals surface area contributed by atoms with Crippen molar-refractivity contribution in [1.82, 2.24) is 4.98 Å². The van der Waals surface area contributed by atoms with E-state index in [-0.39, 0.29) is 0 Å². The average Bonchev–Trinajstić information content (AvgIpc) is 2.32. The number of para-hydroxylation sites is 2. The molecule has 3 nitrogen and oxygen atoms in total. The van der Waals surface area contributed by atoms with Gasteiger partial charge in [-0.1, -0.05) is 23.7 Å². The van der Waals surface area contributed by atoms with Crippen molar-refractivity contribution in [3.8, 4) is 0 Å². The van der Waals surface area contributed by atoms with Gasteiger partial charge in [-0.05, 0) is 23.8 Å². The van der Waals surface area contributed by atoms with E-state index in [2.05, 4.69) is 9.88 Å². The van der Waals surface area contributed by atoms with Crippen molar-refractivity contribution in [3.63, 3.8) is 0 Å². The maximum Gasteiger partial charge on any atom is 0.0639 e. The van der Waals surface area contributed by atoms with Crippen LogP contribution in [0, 0.1) is 0 Å². The van der Waals surface area contributed by atoms with Crippen LogP contribution in [0.2, 0.25) is 5.02 Å². The lowest BCUT2D eigenvalue weighted by molar-refractivity contribution is 0.921. The van der Waals surface area contributed by atoms with Gasteiger partial charge in [-0.25, -0.2) is 0 Å². The number of aromatic nitrogens is 1. The van der Waals surface area contributed by atoms with Crippen LogP contribution in [0.5, 0.6) is 0 Å². The molecule has 2 aromatic rings. The topological polar surface area (TPSA) is 42.2 Å². The van der Waals surface area contributed by atoms with Gasteiger partial charge in [-0.15, -0.1) is 0 Å². The van der Waals surface area contributed by atoms with Gasteiger partial charge in [0.05, 0.1) is 16.4 Å². The van der Waals surface area contributed by atoms with Crippen LogP contribution >= 0.6 is 11.6 Å². The molecule has 2 rings (SSSR count). The predicted molar refractivity (Wildman–Crippen MR) is 72.2 cm³/mol. The minimum Gasteiger partial charge on any atom is -0.397 e. The third-order valence-electron chi connectivity index (χ3n) is 2.61. The Bertz CT molecular complexity index is 514. The van der Waals surface area contributed by atoms with Gasteiger partial charge in [0.25, 0.3) is 0 Å². The Balaban J connectivity index is 2.20. The van der Waals surface area contributed by atoms with Crippen LogP contribution in [0.3, 0.4) is 0 Å². The molecule has 0 bridgehead atoms. The van der Waals surface area contributed by atoms with Crippen molar-refractivity contribution >= 4 is 23.0 Å². The highest BCUT2D eigenvalue weighted by Gasteiger charge is 2.07. The Labute approximate surface area is 106 Å². The first-order valence-electron chi connectivity index (χ1n) is 5.32. The molecule has 2 N–H and O–H groups in total. The van der Waals surface area contributed by atoms with Crippen molar-refractivity contribution in [2.75, 3.05) is 17.7 Å².